The Bertz CT molecular complexity index is 1070. The van der Waals surface area contributed by atoms with Crippen LogP contribution < -0.4 is 10.2 Å². The number of carboxylic acid groups (broad SMARTS) is 1. The van der Waals surface area contributed by atoms with Gasteiger partial charge in [-0.05, 0) is 48.9 Å². The summed E-state index contributed by atoms with van der Waals surface area (Å²) in [4.78, 5) is 21.2. The van der Waals surface area contributed by atoms with E-state index in [1.54, 1.807) is 12.1 Å². The predicted octanol–water partition coefficient (Wildman–Crippen LogP) is 4.45. The number of aromatic carboxylic acids is 1. The van der Waals surface area contributed by atoms with E-state index < -0.39 is 5.97 Å². The van der Waals surface area contributed by atoms with Gasteiger partial charge in [-0.2, -0.15) is 5.26 Å². The number of nitriles is 1. The molecule has 0 amide bonds. The summed E-state index contributed by atoms with van der Waals surface area (Å²) < 4.78 is 1.68. The molecule has 3 rings (SSSR count). The Balaban J connectivity index is 1.94. The average Bonchev–Trinajstić information content (AvgIpc) is 3.05. The second-order valence-electron chi connectivity index (χ2n) is 5.84. The summed E-state index contributed by atoms with van der Waals surface area (Å²) in [6, 6.07) is 12.1. The minimum absolute atomic E-state index is 0.188. The lowest BCUT2D eigenvalue weighted by Crippen LogP contribution is -2.37. The topological polar surface area (TPSA) is 102 Å². The summed E-state index contributed by atoms with van der Waals surface area (Å²) in [6.45, 7) is 2.68. The van der Waals surface area contributed by atoms with Crippen LogP contribution in [-0.4, -0.2) is 28.6 Å². The third-order valence-corrected chi connectivity index (χ3v) is 5.11. The van der Waals surface area contributed by atoms with Gasteiger partial charge in [0, 0.05) is 17.9 Å². The second-order valence-corrected chi connectivity index (χ2v) is 7.60. The first kappa shape index (κ1) is 19.7. The molecule has 0 saturated heterocycles. The molecule has 3 aromatic rings. The molecule has 28 heavy (non-hydrogen) atoms. The first-order valence-electron chi connectivity index (χ1n) is 8.46. The number of aromatic nitrogens is 1. The van der Waals surface area contributed by atoms with E-state index in [9.17, 15) is 10.1 Å². The predicted molar refractivity (Wildman–Crippen MR) is 115 cm³/mol. The maximum Gasteiger partial charge on any atom is 0.335 e. The Labute approximate surface area is 171 Å². The standard InChI is InChI=1S/C19H17N5O2S2/c1-2-9-24(14-7-8-15-16(10-14)28-19(27)23-15)18(21-11-20)22-13-5-3-12(4-6-13)17(25)26/h3-8,10H,2,9H2,1H3,(H,21,22)(H,23,27)(H,25,26). The number of benzene rings is 2. The number of fused-ring (bicyclic) bond motifs is 1. The van der Waals surface area contributed by atoms with Gasteiger partial charge >= 0.3 is 5.97 Å². The van der Waals surface area contributed by atoms with Crippen molar-refractivity contribution in [1.82, 2.24) is 4.98 Å². The fraction of sp³-hybridized carbons (Fsp3) is 0.158. The van der Waals surface area contributed by atoms with Gasteiger partial charge in [0.25, 0.3) is 0 Å². The van der Waals surface area contributed by atoms with Gasteiger partial charge in [-0.1, -0.05) is 6.92 Å². The van der Waals surface area contributed by atoms with Crippen LogP contribution in [0.15, 0.2) is 51.8 Å². The number of thiazole rings is 1. The molecule has 0 aliphatic rings. The van der Waals surface area contributed by atoms with Crippen molar-refractivity contribution in [2.45, 2.75) is 17.7 Å². The fourth-order valence-electron chi connectivity index (χ4n) is 2.68. The Hall–Kier alpha value is -3.09. The molecule has 0 radical (unpaired) electrons. The average molecular weight is 412 g/mol. The highest BCUT2D eigenvalue weighted by molar-refractivity contribution is 7.82. The monoisotopic (exact) mass is 411 g/mol. The lowest BCUT2D eigenvalue weighted by molar-refractivity contribution is 0.0697. The second kappa shape index (κ2) is 8.73. The highest BCUT2D eigenvalue weighted by Gasteiger charge is 2.15. The number of nitrogens with one attached hydrogen (secondary N) is 1. The molecule has 0 spiro atoms. The third-order valence-electron chi connectivity index (χ3n) is 3.92. The number of aliphatic imine (C=N–C) groups is 1. The lowest BCUT2D eigenvalue weighted by Gasteiger charge is -2.26. The molecule has 142 valence electrons. The minimum atomic E-state index is -0.994. The summed E-state index contributed by atoms with van der Waals surface area (Å²) in [7, 11) is 0. The molecule has 0 unspecified atom stereocenters. The van der Waals surface area contributed by atoms with Crippen LogP contribution in [0.1, 0.15) is 23.7 Å². The van der Waals surface area contributed by atoms with Crippen LogP contribution in [0.2, 0.25) is 0 Å². The molecule has 9 heteroatoms. The Morgan fingerprint density at radius 3 is 2.75 bits per heavy atom. The molecule has 0 atom stereocenters. The third kappa shape index (κ3) is 4.42. The summed E-state index contributed by atoms with van der Waals surface area (Å²) >= 11 is 5.79. The number of anilines is 2. The molecule has 0 aliphatic heterocycles. The molecule has 2 aromatic carbocycles. The molecule has 2 N–H and O–H groups in total. The zero-order valence-electron chi connectivity index (χ0n) is 15.0. The van der Waals surface area contributed by atoms with E-state index in [-0.39, 0.29) is 5.56 Å². The molecular formula is C19H17N5O2S2. The number of carbonyl (C=O) groups is 1. The van der Waals surface area contributed by atoms with Crippen LogP contribution in [0, 0.1) is 11.5 Å². The fourth-order valence-corrected chi connectivity index (χ4v) is 3.82. The van der Waals surface area contributed by atoms with E-state index in [4.69, 9.17) is 5.11 Å². The van der Waals surface area contributed by atoms with Crippen molar-refractivity contribution >= 4 is 57.5 Å². The largest absolute Gasteiger partial charge is 0.478 e. The van der Waals surface area contributed by atoms with Gasteiger partial charge in [0.2, 0.25) is 12.2 Å². The van der Waals surface area contributed by atoms with Crippen molar-refractivity contribution < 1.29 is 9.90 Å². The Morgan fingerprint density at radius 1 is 1.36 bits per heavy atom. The van der Waals surface area contributed by atoms with Gasteiger partial charge in [0.15, 0.2) is 0 Å². The number of guanidine groups is 1. The SMILES string of the molecule is CCCN(/C(=N/C#N)Nc1ccc(C(=O)O)cc1)c1ccc2nc(S)sc2c1. The molecule has 1 heterocycles. The number of hydrogen-bond donors (Lipinski definition) is 3. The molecule has 0 bridgehead atoms. The molecule has 0 aliphatic carbocycles. The normalized spacial score (nSPS) is 11.2. The van der Waals surface area contributed by atoms with E-state index >= 15 is 0 Å². The summed E-state index contributed by atoms with van der Waals surface area (Å²) in [5, 5.41) is 21.3. The lowest BCUT2D eigenvalue weighted by atomic mass is 10.2. The highest BCUT2D eigenvalue weighted by Crippen LogP contribution is 2.29. The van der Waals surface area contributed by atoms with Crippen molar-refractivity contribution in [2.24, 2.45) is 4.99 Å². The number of nitrogens with zero attached hydrogens (tertiary/aromatic N) is 4. The van der Waals surface area contributed by atoms with Gasteiger partial charge in [-0.3, -0.25) is 0 Å². The Morgan fingerprint density at radius 2 is 2.11 bits per heavy atom. The zero-order chi connectivity index (χ0) is 20.1. The van der Waals surface area contributed by atoms with Crippen LogP contribution in [0.4, 0.5) is 11.4 Å². The molecule has 7 nitrogen and oxygen atoms in total. The molecule has 1 aromatic heterocycles. The summed E-state index contributed by atoms with van der Waals surface area (Å²) in [6.07, 6.45) is 2.67. The van der Waals surface area contributed by atoms with Crippen LogP contribution in [0.5, 0.6) is 0 Å². The van der Waals surface area contributed by atoms with Crippen LogP contribution in [0.25, 0.3) is 10.2 Å². The quantitative estimate of drug-likeness (QED) is 0.248. The van der Waals surface area contributed by atoms with Crippen LogP contribution >= 0.6 is 24.0 Å². The Kier molecular flexibility index (Phi) is 6.13. The van der Waals surface area contributed by atoms with Crippen LogP contribution in [-0.2, 0) is 0 Å². The summed E-state index contributed by atoms with van der Waals surface area (Å²) in [5.41, 5.74) is 2.56. The van der Waals surface area contributed by atoms with E-state index in [1.807, 2.05) is 36.2 Å². The maximum absolute atomic E-state index is 11.0. The van der Waals surface area contributed by atoms with E-state index in [0.29, 0.717) is 22.5 Å². The van der Waals surface area contributed by atoms with E-state index in [1.165, 1.54) is 23.5 Å². The first-order valence-corrected chi connectivity index (χ1v) is 9.72. The van der Waals surface area contributed by atoms with Crippen molar-refractivity contribution in [1.29, 1.82) is 5.26 Å². The van der Waals surface area contributed by atoms with Crippen molar-refractivity contribution in [3.63, 3.8) is 0 Å². The summed E-state index contributed by atoms with van der Waals surface area (Å²) in [5.74, 6) is -0.631. The van der Waals surface area contributed by atoms with Gasteiger partial charge in [-0.25, -0.2) is 9.78 Å². The van der Waals surface area contributed by atoms with Gasteiger partial charge in [-0.15, -0.1) is 29.0 Å². The number of thiol groups is 1. The zero-order valence-corrected chi connectivity index (χ0v) is 16.7. The number of hydrogen-bond acceptors (Lipinski definition) is 6. The van der Waals surface area contributed by atoms with Gasteiger partial charge in [0.1, 0.15) is 4.34 Å². The van der Waals surface area contributed by atoms with Gasteiger partial charge < -0.3 is 15.3 Å². The molecule has 0 fully saturated rings. The number of rotatable bonds is 5. The van der Waals surface area contributed by atoms with E-state index in [0.717, 1.165) is 22.3 Å². The smallest absolute Gasteiger partial charge is 0.335 e. The van der Waals surface area contributed by atoms with Crippen molar-refractivity contribution in [3.8, 4) is 6.19 Å². The van der Waals surface area contributed by atoms with Crippen molar-refractivity contribution in [2.75, 3.05) is 16.8 Å². The van der Waals surface area contributed by atoms with Crippen molar-refractivity contribution in [3.05, 3.63) is 48.0 Å². The molecular weight excluding hydrogens is 394 g/mol. The van der Waals surface area contributed by atoms with Gasteiger partial charge in [0.05, 0.1) is 15.8 Å². The minimum Gasteiger partial charge on any atom is -0.478 e. The van der Waals surface area contributed by atoms with Crippen LogP contribution in [0.3, 0.4) is 0 Å². The number of carboxylic acids is 1. The highest BCUT2D eigenvalue weighted by atomic mass is 32.2. The molecule has 0 saturated carbocycles. The first-order chi connectivity index (χ1) is 13.5. The maximum atomic E-state index is 11.0. The van der Waals surface area contributed by atoms with E-state index in [2.05, 4.69) is 27.9 Å².